The van der Waals surface area contributed by atoms with Crippen LogP contribution in [0.1, 0.15) is 23.1 Å². The second kappa shape index (κ2) is 13.3. The summed E-state index contributed by atoms with van der Waals surface area (Å²) in [4.78, 5) is 39.2. The van der Waals surface area contributed by atoms with Gasteiger partial charge in [-0.25, -0.2) is 9.78 Å². The van der Waals surface area contributed by atoms with Gasteiger partial charge in [-0.1, -0.05) is 23.7 Å². The molecule has 1 aromatic heterocycles. The molecule has 2 N–H and O–H groups in total. The van der Waals surface area contributed by atoms with E-state index in [-0.39, 0.29) is 23.9 Å². The largest absolute Gasteiger partial charge is 0.489 e. The topological polar surface area (TPSA) is 123 Å². The van der Waals surface area contributed by atoms with Crippen molar-refractivity contribution in [3.63, 3.8) is 0 Å². The zero-order valence-corrected chi connectivity index (χ0v) is 25.6. The number of hydrogen-bond donors (Lipinski definition) is 1. The summed E-state index contributed by atoms with van der Waals surface area (Å²) in [5, 5.41) is 0.707. The van der Waals surface area contributed by atoms with Crippen LogP contribution in [0.4, 0.5) is 16.6 Å². The average Bonchev–Trinajstić information content (AvgIpc) is 3.01. The van der Waals surface area contributed by atoms with E-state index in [0.29, 0.717) is 44.3 Å². The van der Waals surface area contributed by atoms with E-state index >= 15 is 0 Å². The molecule has 0 spiro atoms. The number of fused-ring (bicyclic) bond motifs is 3. The molecule has 3 aromatic rings. The Balaban J connectivity index is 1.01. The summed E-state index contributed by atoms with van der Waals surface area (Å²) in [6.07, 6.45) is 1.70. The molecule has 2 aliphatic heterocycles. The maximum absolute atomic E-state index is 12.3. The highest BCUT2D eigenvalue weighted by atomic mass is 35.5. The van der Waals surface area contributed by atoms with Crippen LogP contribution in [0.2, 0.25) is 5.02 Å². The van der Waals surface area contributed by atoms with Crippen LogP contribution in [0.5, 0.6) is 5.75 Å². The summed E-state index contributed by atoms with van der Waals surface area (Å²) < 4.78 is 16.2. The lowest BCUT2D eigenvalue weighted by atomic mass is 9.88. The number of hydrogen-bond acceptors (Lipinski definition) is 10. The van der Waals surface area contributed by atoms with Crippen molar-refractivity contribution in [3.05, 3.63) is 64.2 Å². The second-order valence-corrected chi connectivity index (χ2v) is 11.9. The monoisotopic (exact) mass is 620 g/mol. The van der Waals surface area contributed by atoms with Crippen LogP contribution in [-0.4, -0.2) is 91.4 Å². The van der Waals surface area contributed by atoms with Crippen LogP contribution < -0.4 is 15.4 Å². The SMILES string of the molecule is COC(=O)CC1CN(C(=O)OCCN2CCN(c3nc(N)nc4c3CCc3cc(OCc5ccc(Cl)cc5)ccc3-4)CC2)C1. The number of nitrogens with zero attached hydrogens (tertiary/aromatic N) is 5. The first-order chi connectivity index (χ1) is 21.4. The first kappa shape index (κ1) is 30.0. The molecule has 2 fully saturated rings. The van der Waals surface area contributed by atoms with Crippen LogP contribution in [0.25, 0.3) is 11.3 Å². The standard InChI is InChI=1S/C32H37ClN6O5/c1-42-28(40)16-22-18-39(19-22)32(41)43-15-14-37-10-12-38(13-11-37)30-27-8-4-23-17-25(44-20-21-2-5-24(33)6-3-21)7-9-26(23)29(27)35-31(34)36-30/h2-3,5-7,9,17,22H,4,8,10-16,18-20H2,1H3,(H2,34,35,36). The maximum atomic E-state index is 12.3. The molecule has 0 bridgehead atoms. The third-order valence-corrected chi connectivity index (χ3v) is 8.75. The summed E-state index contributed by atoms with van der Waals surface area (Å²) in [7, 11) is 1.37. The minimum atomic E-state index is -0.326. The minimum absolute atomic E-state index is 0.148. The van der Waals surface area contributed by atoms with Crippen LogP contribution in [0.3, 0.4) is 0 Å². The zero-order chi connectivity index (χ0) is 30.6. The van der Waals surface area contributed by atoms with E-state index in [1.807, 2.05) is 30.3 Å². The van der Waals surface area contributed by atoms with Crippen LogP contribution in [-0.2, 0) is 33.7 Å². The smallest absolute Gasteiger partial charge is 0.409 e. The van der Waals surface area contributed by atoms with Gasteiger partial charge in [0.2, 0.25) is 5.95 Å². The number of likely N-dealkylation sites (tertiary alicyclic amines) is 1. The molecule has 2 saturated heterocycles. The van der Waals surface area contributed by atoms with Gasteiger partial charge < -0.3 is 29.7 Å². The number of carbonyl (C=O) groups excluding carboxylic acids is 2. The molecule has 232 valence electrons. The summed E-state index contributed by atoms with van der Waals surface area (Å²) in [5.41, 5.74) is 11.6. The van der Waals surface area contributed by atoms with E-state index < -0.39 is 0 Å². The van der Waals surface area contributed by atoms with E-state index in [9.17, 15) is 9.59 Å². The predicted octanol–water partition coefficient (Wildman–Crippen LogP) is 3.81. The third-order valence-electron chi connectivity index (χ3n) is 8.50. The highest BCUT2D eigenvalue weighted by Crippen LogP contribution is 2.38. The Bertz CT molecular complexity index is 1510. The number of aryl methyl sites for hydroxylation is 1. The molecule has 1 amide bonds. The van der Waals surface area contributed by atoms with Crippen LogP contribution in [0, 0.1) is 5.92 Å². The molecule has 2 aromatic carbocycles. The number of methoxy groups -OCH3 is 1. The Morgan fingerprint density at radius 1 is 1.02 bits per heavy atom. The molecule has 1 aliphatic carbocycles. The Hall–Kier alpha value is -4.09. The number of ether oxygens (including phenoxy) is 3. The maximum Gasteiger partial charge on any atom is 0.409 e. The van der Waals surface area contributed by atoms with Crippen LogP contribution in [0.15, 0.2) is 42.5 Å². The van der Waals surface area contributed by atoms with Gasteiger partial charge >= 0.3 is 12.1 Å². The van der Waals surface area contributed by atoms with Gasteiger partial charge in [0.25, 0.3) is 0 Å². The number of piperazine rings is 1. The van der Waals surface area contributed by atoms with Crippen molar-refractivity contribution < 1.29 is 23.8 Å². The molecule has 11 nitrogen and oxygen atoms in total. The van der Waals surface area contributed by atoms with E-state index in [1.165, 1.54) is 12.7 Å². The second-order valence-electron chi connectivity index (χ2n) is 11.5. The molecule has 3 aliphatic rings. The number of rotatable bonds is 9. The number of halogens is 1. The van der Waals surface area contributed by atoms with Crippen molar-refractivity contribution in [2.24, 2.45) is 5.92 Å². The Labute approximate surface area is 261 Å². The molecule has 0 saturated carbocycles. The highest BCUT2D eigenvalue weighted by molar-refractivity contribution is 6.30. The first-order valence-electron chi connectivity index (χ1n) is 15.0. The van der Waals surface area contributed by atoms with Crippen molar-refractivity contribution in [1.29, 1.82) is 0 Å². The molecule has 0 atom stereocenters. The Morgan fingerprint density at radius 3 is 2.55 bits per heavy atom. The number of aromatic nitrogens is 2. The summed E-state index contributed by atoms with van der Waals surface area (Å²) in [6, 6.07) is 13.8. The van der Waals surface area contributed by atoms with Gasteiger partial charge in [-0.05, 0) is 54.3 Å². The number of amides is 1. The fourth-order valence-electron chi connectivity index (χ4n) is 6.01. The van der Waals surface area contributed by atoms with Crippen molar-refractivity contribution >= 4 is 35.4 Å². The molecule has 3 heterocycles. The third kappa shape index (κ3) is 6.84. The lowest BCUT2D eigenvalue weighted by molar-refractivity contribution is -0.143. The number of carbonyl (C=O) groups is 2. The average molecular weight is 621 g/mol. The number of benzene rings is 2. The molecular weight excluding hydrogens is 584 g/mol. The van der Waals surface area contributed by atoms with Crippen molar-refractivity contribution in [1.82, 2.24) is 19.8 Å². The number of esters is 1. The van der Waals surface area contributed by atoms with E-state index in [0.717, 1.165) is 73.0 Å². The van der Waals surface area contributed by atoms with Crippen molar-refractivity contribution in [3.8, 4) is 17.0 Å². The lowest BCUT2D eigenvalue weighted by Crippen LogP contribution is -2.51. The van der Waals surface area contributed by atoms with Gasteiger partial charge in [-0.15, -0.1) is 0 Å². The zero-order valence-electron chi connectivity index (χ0n) is 24.8. The fourth-order valence-corrected chi connectivity index (χ4v) is 6.14. The summed E-state index contributed by atoms with van der Waals surface area (Å²) in [5.74, 6) is 1.90. The van der Waals surface area contributed by atoms with E-state index in [1.54, 1.807) is 4.90 Å². The minimum Gasteiger partial charge on any atom is -0.489 e. The van der Waals surface area contributed by atoms with Gasteiger partial charge in [-0.2, -0.15) is 4.98 Å². The van der Waals surface area contributed by atoms with Crippen molar-refractivity contribution in [2.75, 3.05) is 70.2 Å². The first-order valence-corrected chi connectivity index (χ1v) is 15.4. The summed E-state index contributed by atoms with van der Waals surface area (Å²) >= 11 is 6.00. The van der Waals surface area contributed by atoms with Gasteiger partial charge in [-0.3, -0.25) is 9.69 Å². The van der Waals surface area contributed by atoms with E-state index in [2.05, 4.69) is 31.9 Å². The van der Waals surface area contributed by atoms with E-state index in [4.69, 9.17) is 31.5 Å². The molecule has 6 rings (SSSR count). The number of nitrogen functional groups attached to an aromatic ring is 1. The van der Waals surface area contributed by atoms with Gasteiger partial charge in [0.1, 0.15) is 24.8 Å². The molecular formula is C32H37ClN6O5. The molecule has 0 unspecified atom stereocenters. The van der Waals surface area contributed by atoms with Crippen LogP contribution >= 0.6 is 11.6 Å². The normalized spacial score (nSPS) is 16.5. The number of anilines is 2. The molecule has 0 radical (unpaired) electrons. The van der Waals surface area contributed by atoms with Gasteiger partial charge in [0, 0.05) is 67.9 Å². The molecule has 44 heavy (non-hydrogen) atoms. The Morgan fingerprint density at radius 2 is 1.80 bits per heavy atom. The highest BCUT2D eigenvalue weighted by Gasteiger charge is 2.33. The quantitative estimate of drug-likeness (QED) is 0.353. The van der Waals surface area contributed by atoms with Crippen molar-refractivity contribution in [2.45, 2.75) is 25.9 Å². The van der Waals surface area contributed by atoms with Gasteiger partial charge in [0.05, 0.1) is 19.2 Å². The number of nitrogens with two attached hydrogens (primary N) is 1. The lowest BCUT2D eigenvalue weighted by Gasteiger charge is -2.38. The molecule has 12 heteroatoms. The summed E-state index contributed by atoms with van der Waals surface area (Å²) in [6.45, 7) is 5.76. The predicted molar refractivity (Wildman–Crippen MR) is 167 cm³/mol. The fraction of sp³-hybridized carbons (Fsp3) is 0.438. The Kier molecular flexibility index (Phi) is 9.04. The van der Waals surface area contributed by atoms with Gasteiger partial charge in [0.15, 0.2) is 0 Å².